The molecule has 0 aliphatic heterocycles. The molecule has 0 aliphatic rings. The van der Waals surface area contributed by atoms with Gasteiger partial charge in [-0.3, -0.25) is 4.68 Å². The Morgan fingerprint density at radius 2 is 1.47 bits per heavy atom. The summed E-state index contributed by atoms with van der Waals surface area (Å²) in [5.41, 5.74) is 5.61. The average molecular weight is 422 g/mol. The molecule has 0 fully saturated rings. The van der Waals surface area contributed by atoms with Crippen LogP contribution < -0.4 is 0 Å². The van der Waals surface area contributed by atoms with Gasteiger partial charge < -0.3 is 9.30 Å². The van der Waals surface area contributed by atoms with E-state index in [-0.39, 0.29) is 0 Å². The minimum Gasteiger partial charge on any atom is -0.464 e. The van der Waals surface area contributed by atoms with Crippen molar-refractivity contribution in [2.24, 2.45) is 0 Å². The van der Waals surface area contributed by atoms with Crippen molar-refractivity contribution < 1.29 is 9.53 Å². The van der Waals surface area contributed by atoms with Gasteiger partial charge in [-0.15, -0.1) is 0 Å². The van der Waals surface area contributed by atoms with E-state index < -0.39 is 5.97 Å². The molecule has 32 heavy (non-hydrogen) atoms. The first kappa shape index (κ1) is 19.8. The molecular formula is C27H23N3O2. The van der Waals surface area contributed by atoms with Gasteiger partial charge in [0.05, 0.1) is 19.3 Å². The van der Waals surface area contributed by atoms with Crippen LogP contribution in [0.25, 0.3) is 22.2 Å². The Balaban J connectivity index is 1.60. The lowest BCUT2D eigenvalue weighted by Gasteiger charge is -2.05. The lowest BCUT2D eigenvalue weighted by Crippen LogP contribution is -2.12. The molecule has 0 saturated heterocycles. The highest BCUT2D eigenvalue weighted by Gasteiger charge is 2.20. The smallest absolute Gasteiger partial charge is 0.356 e. The third-order valence-corrected chi connectivity index (χ3v) is 5.61. The predicted molar refractivity (Wildman–Crippen MR) is 126 cm³/mol. The summed E-state index contributed by atoms with van der Waals surface area (Å²) in [4.78, 5) is 12.5. The van der Waals surface area contributed by atoms with E-state index in [2.05, 4.69) is 47.2 Å². The molecule has 5 rings (SSSR count). The van der Waals surface area contributed by atoms with Crippen LogP contribution in [-0.2, 0) is 17.8 Å². The van der Waals surface area contributed by atoms with Crippen LogP contribution in [0.4, 0.5) is 0 Å². The maximum Gasteiger partial charge on any atom is 0.356 e. The number of nitrogens with zero attached hydrogens (tertiary/aromatic N) is 3. The number of benzene rings is 3. The van der Waals surface area contributed by atoms with Crippen LogP contribution in [-0.4, -0.2) is 27.4 Å². The Morgan fingerprint density at radius 1 is 0.844 bits per heavy atom. The number of esters is 1. The monoisotopic (exact) mass is 421 g/mol. The highest BCUT2D eigenvalue weighted by atomic mass is 16.5. The van der Waals surface area contributed by atoms with Crippen molar-refractivity contribution in [1.29, 1.82) is 0 Å². The SMILES string of the molecule is COC(=O)c1cc(-c2cn(Cc3ccccc3)c3ccccc23)nn1Cc1ccccc1. The second-order valence-corrected chi connectivity index (χ2v) is 7.72. The Kier molecular flexibility index (Phi) is 5.30. The van der Waals surface area contributed by atoms with Gasteiger partial charge in [0.25, 0.3) is 0 Å². The third-order valence-electron chi connectivity index (χ3n) is 5.61. The molecule has 0 spiro atoms. The van der Waals surface area contributed by atoms with Crippen molar-refractivity contribution >= 4 is 16.9 Å². The first-order valence-electron chi connectivity index (χ1n) is 10.5. The largest absolute Gasteiger partial charge is 0.464 e. The minimum atomic E-state index is -0.396. The predicted octanol–water partition coefficient (Wildman–Crippen LogP) is 5.39. The van der Waals surface area contributed by atoms with Gasteiger partial charge in [-0.25, -0.2) is 4.79 Å². The molecule has 0 bridgehead atoms. The first-order chi connectivity index (χ1) is 15.7. The fraction of sp³-hybridized carbons (Fsp3) is 0.111. The van der Waals surface area contributed by atoms with Gasteiger partial charge in [-0.1, -0.05) is 78.9 Å². The molecule has 2 aromatic heterocycles. The molecular weight excluding hydrogens is 398 g/mol. The van der Waals surface area contributed by atoms with Crippen LogP contribution >= 0.6 is 0 Å². The van der Waals surface area contributed by atoms with E-state index >= 15 is 0 Å². The average Bonchev–Trinajstić information content (AvgIpc) is 3.42. The zero-order chi connectivity index (χ0) is 21.9. The van der Waals surface area contributed by atoms with E-state index in [0.29, 0.717) is 12.2 Å². The molecule has 158 valence electrons. The van der Waals surface area contributed by atoms with Crippen LogP contribution in [0.15, 0.2) is 97.2 Å². The highest BCUT2D eigenvalue weighted by Crippen LogP contribution is 2.31. The van der Waals surface area contributed by atoms with Crippen molar-refractivity contribution in [3.63, 3.8) is 0 Å². The zero-order valence-electron chi connectivity index (χ0n) is 17.8. The van der Waals surface area contributed by atoms with Crippen LogP contribution in [0.1, 0.15) is 21.6 Å². The third kappa shape index (κ3) is 3.81. The maximum absolute atomic E-state index is 12.5. The molecule has 5 heteroatoms. The summed E-state index contributed by atoms with van der Waals surface area (Å²) < 4.78 is 8.98. The van der Waals surface area contributed by atoms with E-state index in [1.54, 1.807) is 4.68 Å². The van der Waals surface area contributed by atoms with Gasteiger partial charge in [0, 0.05) is 29.2 Å². The van der Waals surface area contributed by atoms with Gasteiger partial charge in [0.15, 0.2) is 0 Å². The Hall–Kier alpha value is -4.12. The summed E-state index contributed by atoms with van der Waals surface area (Å²) in [6.07, 6.45) is 2.12. The van der Waals surface area contributed by atoms with Gasteiger partial charge >= 0.3 is 5.97 Å². The minimum absolute atomic E-state index is 0.396. The molecule has 0 amide bonds. The Bertz CT molecular complexity index is 1370. The van der Waals surface area contributed by atoms with Crippen LogP contribution in [0.3, 0.4) is 0 Å². The van der Waals surface area contributed by atoms with E-state index in [1.165, 1.54) is 12.7 Å². The summed E-state index contributed by atoms with van der Waals surface area (Å²) in [5, 5.41) is 5.92. The summed E-state index contributed by atoms with van der Waals surface area (Å²) in [5.74, 6) is -0.396. The first-order valence-corrected chi connectivity index (χ1v) is 10.5. The molecule has 0 atom stereocenters. The summed E-state index contributed by atoms with van der Waals surface area (Å²) >= 11 is 0. The van der Waals surface area contributed by atoms with E-state index in [0.717, 1.165) is 34.3 Å². The number of rotatable bonds is 6. The maximum atomic E-state index is 12.5. The van der Waals surface area contributed by atoms with Crippen molar-refractivity contribution in [3.8, 4) is 11.3 Å². The topological polar surface area (TPSA) is 49.1 Å². The zero-order valence-corrected chi connectivity index (χ0v) is 17.8. The number of hydrogen-bond acceptors (Lipinski definition) is 3. The van der Waals surface area contributed by atoms with E-state index in [1.807, 2.05) is 54.6 Å². The quantitative estimate of drug-likeness (QED) is 0.346. The molecule has 0 saturated carbocycles. The van der Waals surface area contributed by atoms with Crippen molar-refractivity contribution in [2.75, 3.05) is 7.11 Å². The molecule has 3 aromatic carbocycles. The number of carbonyl (C=O) groups excluding carboxylic acids is 1. The van der Waals surface area contributed by atoms with E-state index in [4.69, 9.17) is 9.84 Å². The Morgan fingerprint density at radius 3 is 2.16 bits per heavy atom. The number of para-hydroxylation sites is 1. The molecule has 5 aromatic rings. The van der Waals surface area contributed by atoms with Gasteiger partial charge in [0.1, 0.15) is 5.69 Å². The normalized spacial score (nSPS) is 11.0. The summed E-state index contributed by atoms with van der Waals surface area (Å²) in [6, 6.07) is 30.5. The van der Waals surface area contributed by atoms with E-state index in [9.17, 15) is 4.79 Å². The fourth-order valence-electron chi connectivity index (χ4n) is 4.06. The molecule has 0 unspecified atom stereocenters. The van der Waals surface area contributed by atoms with Crippen LogP contribution in [0, 0.1) is 0 Å². The van der Waals surface area contributed by atoms with Gasteiger partial charge in [-0.05, 0) is 23.3 Å². The van der Waals surface area contributed by atoms with Crippen molar-refractivity contribution in [3.05, 3.63) is 114 Å². The number of hydrogen-bond donors (Lipinski definition) is 0. The molecule has 0 radical (unpaired) electrons. The van der Waals surface area contributed by atoms with Crippen LogP contribution in [0.2, 0.25) is 0 Å². The second kappa shape index (κ2) is 8.55. The second-order valence-electron chi connectivity index (χ2n) is 7.72. The Labute approximate surface area is 186 Å². The number of methoxy groups -OCH3 is 1. The molecule has 0 aliphatic carbocycles. The summed E-state index contributed by atoms with van der Waals surface area (Å²) in [6.45, 7) is 1.25. The fourth-order valence-corrected chi connectivity index (χ4v) is 4.06. The summed E-state index contributed by atoms with van der Waals surface area (Å²) in [7, 11) is 1.40. The van der Waals surface area contributed by atoms with Gasteiger partial charge in [0.2, 0.25) is 0 Å². The lowest BCUT2D eigenvalue weighted by atomic mass is 10.1. The molecule has 2 heterocycles. The number of aromatic nitrogens is 3. The molecule has 5 nitrogen and oxygen atoms in total. The van der Waals surface area contributed by atoms with Crippen molar-refractivity contribution in [1.82, 2.24) is 14.3 Å². The van der Waals surface area contributed by atoms with Crippen LogP contribution in [0.5, 0.6) is 0 Å². The molecule has 0 N–H and O–H groups in total. The lowest BCUT2D eigenvalue weighted by molar-refractivity contribution is 0.0587. The number of carbonyl (C=O) groups is 1. The van der Waals surface area contributed by atoms with Crippen molar-refractivity contribution in [2.45, 2.75) is 13.1 Å². The standard InChI is InChI=1S/C27H23N3O2/c1-32-27(31)26-16-24(28-30(26)18-21-12-6-3-7-13-21)23-19-29(17-20-10-4-2-5-11-20)25-15-9-8-14-22(23)25/h2-16,19H,17-18H2,1H3. The number of ether oxygens (including phenoxy) is 1. The number of fused-ring (bicyclic) bond motifs is 1. The van der Waals surface area contributed by atoms with Gasteiger partial charge in [-0.2, -0.15) is 5.10 Å². The highest BCUT2D eigenvalue weighted by molar-refractivity contribution is 5.97.